The van der Waals surface area contributed by atoms with Crippen molar-refractivity contribution in [2.75, 3.05) is 17.3 Å². The molecule has 1 aliphatic rings. The lowest BCUT2D eigenvalue weighted by Gasteiger charge is -2.35. The molecule has 0 amide bonds. The summed E-state index contributed by atoms with van der Waals surface area (Å²) in [5.41, 5.74) is 0. The summed E-state index contributed by atoms with van der Waals surface area (Å²) in [6.45, 7) is 1.05. The Kier molecular flexibility index (Phi) is 3.19. The monoisotopic (exact) mass is 211 g/mol. The second kappa shape index (κ2) is 4.60. The fourth-order valence-corrected chi connectivity index (χ4v) is 2.22. The van der Waals surface area contributed by atoms with Gasteiger partial charge >= 0.3 is 0 Å². The molecule has 0 aliphatic carbocycles. The predicted molar refractivity (Wildman–Crippen MR) is 57.7 cm³/mol. The van der Waals surface area contributed by atoms with Gasteiger partial charge in [0.25, 0.3) is 0 Å². The zero-order valence-corrected chi connectivity index (χ0v) is 8.82. The molecule has 1 aromatic heterocycles. The Labute approximate surface area is 89.1 Å². The topological polar surface area (TPSA) is 29.0 Å². The SMILES string of the molecule is ClCC1CCCCN1c1cnccn1. The molecule has 14 heavy (non-hydrogen) atoms. The van der Waals surface area contributed by atoms with E-state index in [0.29, 0.717) is 11.9 Å². The van der Waals surface area contributed by atoms with Crippen LogP contribution in [0, 0.1) is 0 Å². The highest BCUT2D eigenvalue weighted by atomic mass is 35.5. The molecular weight excluding hydrogens is 198 g/mol. The molecule has 76 valence electrons. The molecule has 1 unspecified atom stereocenters. The van der Waals surface area contributed by atoms with Gasteiger partial charge in [-0.2, -0.15) is 0 Å². The summed E-state index contributed by atoms with van der Waals surface area (Å²) in [5.74, 6) is 1.63. The van der Waals surface area contributed by atoms with E-state index in [2.05, 4.69) is 14.9 Å². The number of aromatic nitrogens is 2. The second-order valence-corrected chi connectivity index (χ2v) is 3.87. The van der Waals surface area contributed by atoms with E-state index in [-0.39, 0.29) is 0 Å². The largest absolute Gasteiger partial charge is 0.351 e. The molecule has 0 bridgehead atoms. The number of rotatable bonds is 2. The summed E-state index contributed by atoms with van der Waals surface area (Å²) in [4.78, 5) is 10.7. The fraction of sp³-hybridized carbons (Fsp3) is 0.600. The number of anilines is 1. The van der Waals surface area contributed by atoms with Crippen LogP contribution in [0.5, 0.6) is 0 Å². The summed E-state index contributed by atoms with van der Waals surface area (Å²) in [6.07, 6.45) is 8.90. The Hall–Kier alpha value is -0.830. The van der Waals surface area contributed by atoms with Crippen LogP contribution in [0.2, 0.25) is 0 Å². The van der Waals surface area contributed by atoms with Crippen LogP contribution in [0.3, 0.4) is 0 Å². The van der Waals surface area contributed by atoms with E-state index in [0.717, 1.165) is 12.4 Å². The zero-order valence-electron chi connectivity index (χ0n) is 8.06. The molecular formula is C10H14ClN3. The van der Waals surface area contributed by atoms with E-state index in [9.17, 15) is 0 Å². The van der Waals surface area contributed by atoms with E-state index in [4.69, 9.17) is 11.6 Å². The Morgan fingerprint density at radius 1 is 1.43 bits per heavy atom. The molecule has 2 heterocycles. The quantitative estimate of drug-likeness (QED) is 0.702. The van der Waals surface area contributed by atoms with Crippen molar-refractivity contribution in [3.8, 4) is 0 Å². The van der Waals surface area contributed by atoms with Crippen LogP contribution in [0.1, 0.15) is 19.3 Å². The summed E-state index contributed by atoms with van der Waals surface area (Å²) in [7, 11) is 0. The molecule has 0 saturated carbocycles. The van der Waals surface area contributed by atoms with E-state index >= 15 is 0 Å². The number of hydrogen-bond acceptors (Lipinski definition) is 3. The minimum absolute atomic E-state index is 0.433. The van der Waals surface area contributed by atoms with Crippen molar-refractivity contribution in [2.45, 2.75) is 25.3 Å². The van der Waals surface area contributed by atoms with Crippen molar-refractivity contribution < 1.29 is 0 Å². The highest BCUT2D eigenvalue weighted by molar-refractivity contribution is 6.18. The van der Waals surface area contributed by atoms with Gasteiger partial charge in [0.2, 0.25) is 0 Å². The maximum atomic E-state index is 5.94. The lowest BCUT2D eigenvalue weighted by atomic mass is 10.0. The number of alkyl halides is 1. The van der Waals surface area contributed by atoms with Crippen LogP contribution >= 0.6 is 11.6 Å². The van der Waals surface area contributed by atoms with Crippen molar-refractivity contribution >= 4 is 17.4 Å². The molecule has 0 N–H and O–H groups in total. The van der Waals surface area contributed by atoms with Gasteiger partial charge < -0.3 is 4.90 Å². The molecule has 3 nitrogen and oxygen atoms in total. The zero-order chi connectivity index (χ0) is 9.80. The summed E-state index contributed by atoms with van der Waals surface area (Å²) in [6, 6.07) is 0.433. The number of hydrogen-bond donors (Lipinski definition) is 0. The van der Waals surface area contributed by atoms with E-state index in [1.54, 1.807) is 12.4 Å². The summed E-state index contributed by atoms with van der Waals surface area (Å²) >= 11 is 5.94. The number of piperidine rings is 1. The van der Waals surface area contributed by atoms with Crippen molar-refractivity contribution in [1.29, 1.82) is 0 Å². The first-order valence-electron chi connectivity index (χ1n) is 5.00. The van der Waals surface area contributed by atoms with Crippen LogP contribution < -0.4 is 4.90 Å². The highest BCUT2D eigenvalue weighted by Crippen LogP contribution is 2.22. The van der Waals surface area contributed by atoms with Crippen LogP contribution in [0.15, 0.2) is 18.6 Å². The van der Waals surface area contributed by atoms with Crippen LogP contribution in [0.25, 0.3) is 0 Å². The van der Waals surface area contributed by atoms with Gasteiger partial charge in [0, 0.05) is 30.9 Å². The molecule has 1 saturated heterocycles. The molecule has 0 spiro atoms. The Bertz CT molecular complexity index is 278. The first-order chi connectivity index (χ1) is 6.92. The number of nitrogens with zero attached hydrogens (tertiary/aromatic N) is 3. The first kappa shape index (κ1) is 9.71. The minimum Gasteiger partial charge on any atom is -0.351 e. The molecule has 4 heteroatoms. The van der Waals surface area contributed by atoms with Crippen molar-refractivity contribution in [1.82, 2.24) is 9.97 Å². The molecule has 1 aromatic rings. The first-order valence-corrected chi connectivity index (χ1v) is 5.54. The van der Waals surface area contributed by atoms with Gasteiger partial charge in [-0.1, -0.05) is 0 Å². The predicted octanol–water partition coefficient (Wildman–Crippen LogP) is 2.07. The molecule has 1 atom stereocenters. The van der Waals surface area contributed by atoms with Gasteiger partial charge in [0.05, 0.1) is 6.20 Å². The molecule has 1 aliphatic heterocycles. The van der Waals surface area contributed by atoms with Gasteiger partial charge in [0.1, 0.15) is 5.82 Å². The van der Waals surface area contributed by atoms with Gasteiger partial charge in [0.15, 0.2) is 0 Å². The smallest absolute Gasteiger partial charge is 0.147 e. The summed E-state index contributed by atoms with van der Waals surface area (Å²) in [5, 5.41) is 0. The maximum absolute atomic E-state index is 5.94. The Morgan fingerprint density at radius 2 is 2.36 bits per heavy atom. The molecule has 0 radical (unpaired) electrons. The van der Waals surface area contributed by atoms with Gasteiger partial charge in [-0.3, -0.25) is 4.98 Å². The maximum Gasteiger partial charge on any atom is 0.147 e. The Morgan fingerprint density at radius 3 is 3.07 bits per heavy atom. The van der Waals surface area contributed by atoms with Crippen molar-refractivity contribution in [2.24, 2.45) is 0 Å². The van der Waals surface area contributed by atoms with Gasteiger partial charge in [-0.25, -0.2) is 4.98 Å². The molecule has 1 fully saturated rings. The third kappa shape index (κ3) is 1.98. The van der Waals surface area contributed by atoms with E-state index in [1.165, 1.54) is 19.3 Å². The highest BCUT2D eigenvalue weighted by Gasteiger charge is 2.22. The standard InChI is InChI=1S/C10H14ClN3/c11-7-9-3-1-2-6-14(9)10-8-12-4-5-13-10/h4-5,8-9H,1-3,6-7H2. The van der Waals surface area contributed by atoms with Crippen LogP contribution in [-0.4, -0.2) is 28.4 Å². The van der Waals surface area contributed by atoms with Crippen LogP contribution in [0.4, 0.5) is 5.82 Å². The summed E-state index contributed by atoms with van der Waals surface area (Å²) < 4.78 is 0. The lowest BCUT2D eigenvalue weighted by molar-refractivity contribution is 0.484. The van der Waals surface area contributed by atoms with Gasteiger partial charge in [-0.15, -0.1) is 11.6 Å². The molecule has 2 rings (SSSR count). The number of halogens is 1. The second-order valence-electron chi connectivity index (χ2n) is 3.56. The average molecular weight is 212 g/mol. The third-order valence-corrected chi connectivity index (χ3v) is 3.01. The van der Waals surface area contributed by atoms with Crippen molar-refractivity contribution in [3.63, 3.8) is 0 Å². The lowest BCUT2D eigenvalue weighted by Crippen LogP contribution is -2.41. The molecule has 0 aromatic carbocycles. The normalized spacial score (nSPS) is 22.4. The Balaban J connectivity index is 2.15. The van der Waals surface area contributed by atoms with E-state index < -0.39 is 0 Å². The average Bonchev–Trinajstić information content (AvgIpc) is 2.30. The van der Waals surface area contributed by atoms with Crippen molar-refractivity contribution in [3.05, 3.63) is 18.6 Å². The fourth-order valence-electron chi connectivity index (χ4n) is 1.90. The van der Waals surface area contributed by atoms with Crippen LogP contribution in [-0.2, 0) is 0 Å². The van der Waals surface area contributed by atoms with Gasteiger partial charge in [-0.05, 0) is 19.3 Å². The minimum atomic E-state index is 0.433. The van der Waals surface area contributed by atoms with E-state index in [1.807, 2.05) is 6.20 Å². The third-order valence-electron chi connectivity index (χ3n) is 2.65.